The number of aliphatic imine (C=N–C) groups is 1. The van der Waals surface area contributed by atoms with Crippen LogP contribution in [0.25, 0.3) is 11.2 Å². The summed E-state index contributed by atoms with van der Waals surface area (Å²) in [5.41, 5.74) is -0.448. The van der Waals surface area contributed by atoms with E-state index in [0.717, 1.165) is 10.1 Å². The van der Waals surface area contributed by atoms with Gasteiger partial charge in [-0.2, -0.15) is 4.98 Å². The van der Waals surface area contributed by atoms with Crippen LogP contribution in [0.3, 0.4) is 0 Å². The number of aryl methyl sites for hydroxylation is 2. The topological polar surface area (TPSA) is 149 Å². The number of nitro groups is 1. The van der Waals surface area contributed by atoms with Crippen molar-refractivity contribution in [3.05, 3.63) is 66.3 Å². The number of nitro benzene ring substituents is 1. The Bertz CT molecular complexity index is 1280. The number of benzene rings is 1. The molecule has 0 aliphatic carbocycles. The van der Waals surface area contributed by atoms with Gasteiger partial charge in [0, 0.05) is 39.8 Å². The van der Waals surface area contributed by atoms with Crippen molar-refractivity contribution in [2.75, 3.05) is 14.1 Å². The lowest BCUT2D eigenvalue weighted by atomic mass is 10.1. The molecule has 0 aliphatic heterocycles. The van der Waals surface area contributed by atoms with Crippen LogP contribution in [0.15, 0.2) is 38.8 Å². The van der Waals surface area contributed by atoms with Crippen LogP contribution in [0, 0.1) is 10.1 Å². The predicted molar refractivity (Wildman–Crippen MR) is 114 cm³/mol. The maximum Gasteiger partial charge on any atom is 0.283 e. The number of aliphatic hydroxyl groups is 1. The summed E-state index contributed by atoms with van der Waals surface area (Å²) in [6, 6.07) is 6.03. The molecule has 0 saturated heterocycles. The number of fused-ring (bicyclic) bond motifs is 1. The van der Waals surface area contributed by atoms with Gasteiger partial charge in [0.1, 0.15) is 5.69 Å². The quantitative estimate of drug-likeness (QED) is 0.246. The standard InChI is InChI=1S/C19H21N7O5/c1-23(2)11-20-19-22-16-15(21-14(10-27)17(28)24(16)3)18(29)25(19)9-8-12-4-6-13(7-5-12)26(30)31/h4-7,11,27H,8-10H2,1-3H3/b20-11+. The van der Waals surface area contributed by atoms with Gasteiger partial charge in [0.15, 0.2) is 11.2 Å². The number of hydrogen-bond acceptors (Lipinski definition) is 8. The summed E-state index contributed by atoms with van der Waals surface area (Å²) in [6.07, 6.45) is 1.86. The highest BCUT2D eigenvalue weighted by atomic mass is 16.6. The summed E-state index contributed by atoms with van der Waals surface area (Å²) in [7, 11) is 4.96. The average Bonchev–Trinajstić information content (AvgIpc) is 2.74. The molecule has 0 amide bonds. The molecule has 0 radical (unpaired) electrons. The highest BCUT2D eigenvalue weighted by molar-refractivity contribution is 5.71. The number of aromatic nitrogens is 4. The second-order valence-corrected chi connectivity index (χ2v) is 7.00. The first-order chi connectivity index (χ1) is 14.7. The van der Waals surface area contributed by atoms with Gasteiger partial charge in [-0.1, -0.05) is 12.1 Å². The van der Waals surface area contributed by atoms with Gasteiger partial charge in [0.05, 0.1) is 17.9 Å². The van der Waals surface area contributed by atoms with Gasteiger partial charge >= 0.3 is 0 Å². The van der Waals surface area contributed by atoms with Gasteiger partial charge in [-0.15, -0.1) is 0 Å². The van der Waals surface area contributed by atoms with E-state index >= 15 is 0 Å². The maximum atomic E-state index is 13.2. The van der Waals surface area contributed by atoms with Crippen LogP contribution in [-0.4, -0.2) is 54.5 Å². The van der Waals surface area contributed by atoms with E-state index in [-0.39, 0.29) is 35.0 Å². The molecule has 1 N–H and O–H groups in total. The van der Waals surface area contributed by atoms with Crippen LogP contribution in [-0.2, 0) is 26.6 Å². The first kappa shape index (κ1) is 21.8. The molecule has 1 aromatic carbocycles. The summed E-state index contributed by atoms with van der Waals surface area (Å²) in [5, 5.41) is 20.2. The van der Waals surface area contributed by atoms with Gasteiger partial charge in [-0.05, 0) is 12.0 Å². The summed E-state index contributed by atoms with van der Waals surface area (Å²) >= 11 is 0. The van der Waals surface area contributed by atoms with Gasteiger partial charge in [0.25, 0.3) is 16.8 Å². The molecule has 0 bridgehead atoms. The van der Waals surface area contributed by atoms with Crippen LogP contribution in [0.2, 0.25) is 0 Å². The number of nitrogens with zero attached hydrogens (tertiary/aromatic N) is 7. The van der Waals surface area contributed by atoms with E-state index in [2.05, 4.69) is 15.0 Å². The normalized spacial score (nSPS) is 11.4. The van der Waals surface area contributed by atoms with Crippen LogP contribution < -0.4 is 11.1 Å². The largest absolute Gasteiger partial charge is 0.390 e. The van der Waals surface area contributed by atoms with Crippen molar-refractivity contribution >= 4 is 29.1 Å². The van der Waals surface area contributed by atoms with E-state index in [1.165, 1.54) is 30.1 Å². The van der Waals surface area contributed by atoms with Crippen molar-refractivity contribution in [3.63, 3.8) is 0 Å². The molecule has 12 heteroatoms. The Morgan fingerprint density at radius 1 is 1.19 bits per heavy atom. The molecular weight excluding hydrogens is 406 g/mol. The van der Waals surface area contributed by atoms with Crippen LogP contribution in [0.4, 0.5) is 11.6 Å². The van der Waals surface area contributed by atoms with E-state index in [1.807, 2.05) is 0 Å². The van der Waals surface area contributed by atoms with Gasteiger partial charge < -0.3 is 10.0 Å². The van der Waals surface area contributed by atoms with Crippen molar-refractivity contribution < 1.29 is 10.0 Å². The van der Waals surface area contributed by atoms with E-state index in [1.54, 1.807) is 31.1 Å². The second kappa shape index (κ2) is 8.83. The Labute approximate surface area is 175 Å². The number of aliphatic hydroxyl groups excluding tert-OH is 1. The number of hydrogen-bond donors (Lipinski definition) is 1. The smallest absolute Gasteiger partial charge is 0.283 e. The SMILES string of the molecule is CN(C)/C=N/c1nc2c(nc(CO)c(=O)n2C)c(=O)n1CCc1ccc([N+](=O)[O-])cc1. The molecule has 2 heterocycles. The molecule has 0 spiro atoms. The zero-order valence-corrected chi connectivity index (χ0v) is 17.2. The van der Waals surface area contributed by atoms with Crippen molar-refractivity contribution in [2.45, 2.75) is 19.6 Å². The lowest BCUT2D eigenvalue weighted by Gasteiger charge is -2.13. The van der Waals surface area contributed by atoms with Crippen LogP contribution >= 0.6 is 0 Å². The van der Waals surface area contributed by atoms with Gasteiger partial charge in [-0.25, -0.2) is 9.98 Å². The fraction of sp³-hybridized carbons (Fsp3) is 0.316. The molecule has 0 fully saturated rings. The summed E-state index contributed by atoms with van der Waals surface area (Å²) in [6.45, 7) is -0.427. The molecule has 3 rings (SSSR count). The Morgan fingerprint density at radius 3 is 2.45 bits per heavy atom. The fourth-order valence-corrected chi connectivity index (χ4v) is 2.92. The predicted octanol–water partition coefficient (Wildman–Crippen LogP) is 0.355. The first-order valence-electron chi connectivity index (χ1n) is 9.28. The molecular formula is C19H21N7O5. The van der Waals surface area contributed by atoms with Crippen molar-refractivity contribution in [1.82, 2.24) is 24.0 Å². The lowest BCUT2D eigenvalue weighted by Crippen LogP contribution is -2.30. The minimum Gasteiger partial charge on any atom is -0.390 e. The van der Waals surface area contributed by atoms with Gasteiger partial charge in [-0.3, -0.25) is 28.8 Å². The third-order valence-corrected chi connectivity index (χ3v) is 4.55. The second-order valence-electron chi connectivity index (χ2n) is 7.00. The Hall–Kier alpha value is -3.93. The molecule has 0 atom stereocenters. The van der Waals surface area contributed by atoms with Gasteiger partial charge in [0.2, 0.25) is 5.95 Å². The summed E-state index contributed by atoms with van der Waals surface area (Å²) in [4.78, 5) is 50.1. The minimum absolute atomic E-state index is 0.0220. The highest BCUT2D eigenvalue weighted by Gasteiger charge is 2.17. The Morgan fingerprint density at radius 2 is 1.87 bits per heavy atom. The average molecular weight is 427 g/mol. The van der Waals surface area contributed by atoms with Crippen molar-refractivity contribution in [2.24, 2.45) is 12.0 Å². The molecule has 31 heavy (non-hydrogen) atoms. The Kier molecular flexibility index (Phi) is 6.20. The number of rotatable bonds is 7. The molecule has 3 aromatic rings. The highest BCUT2D eigenvalue weighted by Crippen LogP contribution is 2.15. The summed E-state index contributed by atoms with van der Waals surface area (Å²) < 4.78 is 2.48. The zero-order valence-electron chi connectivity index (χ0n) is 17.2. The number of non-ortho nitro benzene ring substituents is 1. The van der Waals surface area contributed by atoms with Crippen molar-refractivity contribution in [1.29, 1.82) is 0 Å². The van der Waals surface area contributed by atoms with E-state index in [4.69, 9.17) is 0 Å². The molecule has 0 unspecified atom stereocenters. The third kappa shape index (κ3) is 4.48. The fourth-order valence-electron chi connectivity index (χ4n) is 2.92. The molecule has 162 valence electrons. The van der Waals surface area contributed by atoms with E-state index in [0.29, 0.717) is 6.42 Å². The maximum absolute atomic E-state index is 13.2. The van der Waals surface area contributed by atoms with E-state index in [9.17, 15) is 24.8 Å². The molecule has 0 aliphatic rings. The van der Waals surface area contributed by atoms with Crippen molar-refractivity contribution in [3.8, 4) is 0 Å². The lowest BCUT2D eigenvalue weighted by molar-refractivity contribution is -0.384. The Balaban J connectivity index is 2.10. The minimum atomic E-state index is -0.606. The van der Waals surface area contributed by atoms with E-state index < -0.39 is 22.6 Å². The molecule has 2 aromatic heterocycles. The zero-order chi connectivity index (χ0) is 22.7. The van der Waals surface area contributed by atoms with Crippen LogP contribution in [0.5, 0.6) is 0 Å². The summed E-state index contributed by atoms with van der Waals surface area (Å²) in [5.74, 6) is 0.0849. The van der Waals surface area contributed by atoms with Crippen LogP contribution in [0.1, 0.15) is 11.3 Å². The monoisotopic (exact) mass is 427 g/mol. The molecule has 12 nitrogen and oxygen atoms in total. The molecule has 0 saturated carbocycles. The third-order valence-electron chi connectivity index (χ3n) is 4.55. The first-order valence-corrected chi connectivity index (χ1v) is 9.28.